The van der Waals surface area contributed by atoms with E-state index in [1.165, 1.54) is 11.0 Å². The molecule has 1 aliphatic carbocycles. The van der Waals surface area contributed by atoms with Crippen molar-refractivity contribution in [2.24, 2.45) is 5.92 Å². The molecule has 3 rings (SSSR count). The Balaban J connectivity index is 1.68. The minimum absolute atomic E-state index is 0.0339. The average Bonchev–Trinajstić information content (AvgIpc) is 2.69. The molecule has 7 heteroatoms. The number of aliphatic carboxylic acids is 1. The van der Waals surface area contributed by atoms with Gasteiger partial charge in [-0.2, -0.15) is 0 Å². The lowest BCUT2D eigenvalue weighted by Gasteiger charge is -2.41. The number of likely N-dealkylation sites (tertiary alicyclic amines) is 1. The predicted octanol–water partition coefficient (Wildman–Crippen LogP) is 5.08. The molecule has 0 spiro atoms. The van der Waals surface area contributed by atoms with Crippen LogP contribution in [0.4, 0.5) is 8.78 Å². The number of aromatic nitrogens is 1. The van der Waals surface area contributed by atoms with Crippen molar-refractivity contribution in [3.63, 3.8) is 0 Å². The lowest BCUT2D eigenvalue weighted by molar-refractivity contribution is -0.138. The van der Waals surface area contributed by atoms with E-state index >= 15 is 4.39 Å². The molecular formula is C21H26F2N2O2S. The molecular weight excluding hydrogens is 382 g/mol. The summed E-state index contributed by atoms with van der Waals surface area (Å²) in [7, 11) is 0. The van der Waals surface area contributed by atoms with E-state index in [0.717, 1.165) is 17.2 Å². The van der Waals surface area contributed by atoms with Gasteiger partial charge in [0.1, 0.15) is 0 Å². The highest BCUT2D eigenvalue weighted by Crippen LogP contribution is 2.40. The summed E-state index contributed by atoms with van der Waals surface area (Å²) < 4.78 is 30.3. The van der Waals surface area contributed by atoms with Gasteiger partial charge in [-0.05, 0) is 54.7 Å². The molecule has 0 aromatic carbocycles. The van der Waals surface area contributed by atoms with Crippen LogP contribution in [0, 0.1) is 5.92 Å². The van der Waals surface area contributed by atoms with Gasteiger partial charge in [-0.3, -0.25) is 9.69 Å². The monoisotopic (exact) mass is 408 g/mol. The highest BCUT2D eigenvalue weighted by molar-refractivity contribution is 7.99. The van der Waals surface area contributed by atoms with Crippen molar-refractivity contribution in [2.45, 2.75) is 49.8 Å². The zero-order valence-corrected chi connectivity index (χ0v) is 16.9. The normalized spacial score (nSPS) is 24.0. The van der Waals surface area contributed by atoms with Crippen molar-refractivity contribution >= 4 is 23.3 Å². The lowest BCUT2D eigenvalue weighted by atomic mass is 9.89. The Morgan fingerprint density at radius 1 is 1.39 bits per heavy atom. The van der Waals surface area contributed by atoms with E-state index in [4.69, 9.17) is 5.11 Å². The number of hydrogen-bond donors (Lipinski definition) is 1. The lowest BCUT2D eigenvalue weighted by Crippen LogP contribution is -2.50. The molecule has 1 saturated heterocycles. The first-order valence-electron chi connectivity index (χ1n) is 9.76. The molecule has 1 N–H and O–H groups in total. The van der Waals surface area contributed by atoms with Crippen LogP contribution in [0.5, 0.6) is 0 Å². The van der Waals surface area contributed by atoms with E-state index in [1.54, 1.807) is 17.8 Å². The van der Waals surface area contributed by atoms with E-state index in [0.29, 0.717) is 37.2 Å². The first-order valence-corrected chi connectivity index (χ1v) is 10.7. The average molecular weight is 409 g/mol. The maximum Gasteiger partial charge on any atom is 0.303 e. The fraction of sp³-hybridized carbons (Fsp3) is 0.524. The largest absolute Gasteiger partial charge is 0.481 e. The Bertz CT molecular complexity index is 775. The molecule has 0 amide bonds. The number of rotatable bonds is 7. The molecule has 1 atom stereocenters. The Kier molecular flexibility index (Phi) is 6.88. The van der Waals surface area contributed by atoms with Crippen LogP contribution in [0.25, 0.3) is 5.57 Å². The molecule has 1 aromatic rings. The summed E-state index contributed by atoms with van der Waals surface area (Å²) in [6, 6.07) is 5.62. The Labute approximate surface area is 168 Å². The Morgan fingerprint density at radius 3 is 2.79 bits per heavy atom. The molecule has 1 unspecified atom stereocenters. The van der Waals surface area contributed by atoms with Crippen LogP contribution >= 0.6 is 11.8 Å². The van der Waals surface area contributed by atoms with Gasteiger partial charge in [-0.1, -0.05) is 19.1 Å². The third-order valence-electron chi connectivity index (χ3n) is 5.29. The van der Waals surface area contributed by atoms with Crippen LogP contribution in [-0.2, 0) is 4.79 Å². The maximum atomic E-state index is 15.5. The van der Waals surface area contributed by atoms with Gasteiger partial charge in [-0.25, -0.2) is 13.8 Å². The van der Waals surface area contributed by atoms with Gasteiger partial charge in [0.25, 0.3) is 0 Å². The van der Waals surface area contributed by atoms with Crippen molar-refractivity contribution in [1.82, 2.24) is 9.88 Å². The highest BCUT2D eigenvalue weighted by atomic mass is 32.2. The van der Waals surface area contributed by atoms with Crippen LogP contribution in [0.3, 0.4) is 0 Å². The quantitative estimate of drug-likeness (QED) is 0.504. The number of carboxylic acids is 1. The highest BCUT2D eigenvalue weighted by Gasteiger charge is 2.44. The van der Waals surface area contributed by atoms with Crippen molar-refractivity contribution < 1.29 is 18.7 Å². The molecule has 1 aliphatic heterocycles. The molecule has 1 fully saturated rings. The second kappa shape index (κ2) is 9.18. The van der Waals surface area contributed by atoms with E-state index in [2.05, 4.69) is 11.9 Å². The first kappa shape index (κ1) is 21.0. The summed E-state index contributed by atoms with van der Waals surface area (Å²) in [6.45, 7) is 2.82. The second-order valence-corrected chi connectivity index (χ2v) is 8.47. The number of allylic oxidation sites excluding steroid dienone is 2. The molecule has 4 nitrogen and oxygen atoms in total. The number of carbonyl (C=O) groups is 1. The van der Waals surface area contributed by atoms with Crippen LogP contribution in [0.15, 0.2) is 41.2 Å². The SMILES string of the molecule is CCCSc1cccc(C2=CCC(F)(N3CCC(CC(=O)O)CC3)C(F)=C2)n1. The molecule has 152 valence electrons. The topological polar surface area (TPSA) is 53.4 Å². The summed E-state index contributed by atoms with van der Waals surface area (Å²) in [6.07, 6.45) is 5.17. The summed E-state index contributed by atoms with van der Waals surface area (Å²) >= 11 is 1.65. The number of carboxylic acid groups (broad SMARTS) is 1. The van der Waals surface area contributed by atoms with E-state index in [1.807, 2.05) is 18.2 Å². The number of alkyl halides is 1. The third-order valence-corrected chi connectivity index (χ3v) is 6.43. The predicted molar refractivity (Wildman–Crippen MR) is 107 cm³/mol. The van der Waals surface area contributed by atoms with Gasteiger partial charge in [-0.15, -0.1) is 11.8 Å². The van der Waals surface area contributed by atoms with Crippen molar-refractivity contribution in [2.75, 3.05) is 18.8 Å². The number of hydrogen-bond acceptors (Lipinski definition) is 4. The summed E-state index contributed by atoms with van der Waals surface area (Å²) in [4.78, 5) is 16.9. The maximum absolute atomic E-state index is 15.5. The number of nitrogens with zero attached hydrogens (tertiary/aromatic N) is 2. The van der Waals surface area contributed by atoms with Crippen molar-refractivity contribution in [1.29, 1.82) is 0 Å². The molecule has 1 aromatic heterocycles. The van der Waals surface area contributed by atoms with E-state index in [9.17, 15) is 9.18 Å². The fourth-order valence-electron chi connectivity index (χ4n) is 3.71. The van der Waals surface area contributed by atoms with E-state index < -0.39 is 17.6 Å². The van der Waals surface area contributed by atoms with Crippen molar-refractivity contribution in [3.05, 3.63) is 41.9 Å². The van der Waals surface area contributed by atoms with Gasteiger partial charge < -0.3 is 5.11 Å². The third kappa shape index (κ3) is 4.81. The first-order chi connectivity index (χ1) is 13.4. The molecule has 2 aliphatic rings. The molecule has 0 radical (unpaired) electrons. The minimum Gasteiger partial charge on any atom is -0.481 e. The number of halogens is 2. The fourth-order valence-corrected chi connectivity index (χ4v) is 4.46. The van der Waals surface area contributed by atoms with E-state index in [-0.39, 0.29) is 18.8 Å². The zero-order valence-electron chi connectivity index (χ0n) is 16.0. The number of pyridine rings is 1. The Hall–Kier alpha value is -1.73. The zero-order chi connectivity index (χ0) is 20.1. The van der Waals surface area contributed by atoms with Gasteiger partial charge in [0.2, 0.25) is 5.79 Å². The van der Waals surface area contributed by atoms with Gasteiger partial charge >= 0.3 is 5.97 Å². The van der Waals surface area contributed by atoms with Crippen LogP contribution in [0.2, 0.25) is 0 Å². The van der Waals surface area contributed by atoms with Crippen LogP contribution in [0.1, 0.15) is 44.7 Å². The van der Waals surface area contributed by atoms with Crippen molar-refractivity contribution in [3.8, 4) is 0 Å². The summed E-state index contributed by atoms with van der Waals surface area (Å²) in [5.41, 5.74) is 1.25. The number of piperidine rings is 1. The van der Waals surface area contributed by atoms with Gasteiger partial charge in [0.15, 0.2) is 5.83 Å². The smallest absolute Gasteiger partial charge is 0.303 e. The molecule has 0 bridgehead atoms. The van der Waals surface area contributed by atoms with Crippen LogP contribution < -0.4 is 0 Å². The number of thioether (sulfide) groups is 1. The Morgan fingerprint density at radius 2 is 2.14 bits per heavy atom. The standard InChI is InChI=1S/C21H26F2N2O2S/c1-2-12-28-19-5-3-4-17(24-19)16-6-9-21(23,18(22)14-16)25-10-7-15(8-11-25)13-20(26)27/h3-6,14-15H,2,7-13H2,1H3,(H,26,27). The molecule has 0 saturated carbocycles. The van der Waals surface area contributed by atoms with Gasteiger partial charge in [0.05, 0.1) is 10.7 Å². The minimum atomic E-state index is -2.15. The summed E-state index contributed by atoms with van der Waals surface area (Å²) in [5.74, 6) is -2.78. The summed E-state index contributed by atoms with van der Waals surface area (Å²) in [5, 5.41) is 9.79. The van der Waals surface area contributed by atoms with Crippen LogP contribution in [-0.4, -0.2) is 45.6 Å². The second-order valence-electron chi connectivity index (χ2n) is 7.35. The van der Waals surface area contributed by atoms with Gasteiger partial charge in [0, 0.05) is 25.9 Å². The molecule has 2 heterocycles. The molecule has 28 heavy (non-hydrogen) atoms.